The van der Waals surface area contributed by atoms with Crippen molar-refractivity contribution in [1.82, 2.24) is 9.13 Å². The Morgan fingerprint density at radius 3 is 2.60 bits per heavy atom. The number of nitrogens with zero attached hydrogens (tertiary/aromatic N) is 2. The predicted octanol–water partition coefficient (Wildman–Crippen LogP) is 0.874. The van der Waals surface area contributed by atoms with E-state index in [9.17, 15) is 9.59 Å². The lowest BCUT2D eigenvalue weighted by atomic mass is 10.3. The lowest BCUT2D eigenvalue weighted by molar-refractivity contribution is 0.563. The van der Waals surface area contributed by atoms with Crippen LogP contribution in [0.15, 0.2) is 15.8 Å². The van der Waals surface area contributed by atoms with Crippen molar-refractivity contribution >= 4 is 11.6 Å². The van der Waals surface area contributed by atoms with Crippen LogP contribution in [-0.4, -0.2) is 15.0 Å². The molecular weight excluding hydrogens is 216 g/mol. The normalized spacial score (nSPS) is 10.6. The summed E-state index contributed by atoms with van der Waals surface area (Å²) < 4.78 is 2.69. The van der Waals surface area contributed by atoms with Crippen molar-refractivity contribution in [2.75, 3.05) is 5.88 Å². The van der Waals surface area contributed by atoms with Gasteiger partial charge in [0.25, 0.3) is 5.56 Å². The molecule has 0 bridgehead atoms. The molecule has 0 radical (unpaired) electrons. The van der Waals surface area contributed by atoms with Gasteiger partial charge in [0.2, 0.25) is 0 Å². The van der Waals surface area contributed by atoms with Crippen LogP contribution in [0.25, 0.3) is 0 Å². The summed E-state index contributed by atoms with van der Waals surface area (Å²) in [6.45, 7) is 2.32. The first-order valence-electron chi connectivity index (χ1n) is 4.91. The maximum atomic E-state index is 11.6. The van der Waals surface area contributed by atoms with Gasteiger partial charge in [-0.25, -0.2) is 4.79 Å². The first-order chi connectivity index (χ1) is 7.07. The van der Waals surface area contributed by atoms with Crippen LogP contribution in [0.1, 0.15) is 18.4 Å². The molecule has 4 nitrogen and oxygen atoms in total. The van der Waals surface area contributed by atoms with Gasteiger partial charge in [0.05, 0.1) is 0 Å². The van der Waals surface area contributed by atoms with Gasteiger partial charge in [0, 0.05) is 31.2 Å². The zero-order chi connectivity index (χ0) is 11.4. The standard InChI is InChI=1S/C10H15ClN2O2/c1-8-7-13(6-4-3-5-11)10(15)12(2)9(8)14/h7H,3-6H2,1-2H3. The fraction of sp³-hybridized carbons (Fsp3) is 0.600. The Bertz CT molecular complexity index is 448. The minimum atomic E-state index is -0.264. The molecule has 0 aromatic carbocycles. The molecule has 1 aromatic rings. The van der Waals surface area contributed by atoms with Crippen molar-refractivity contribution in [3.05, 3.63) is 32.6 Å². The quantitative estimate of drug-likeness (QED) is 0.569. The van der Waals surface area contributed by atoms with E-state index in [0.717, 1.165) is 17.4 Å². The van der Waals surface area contributed by atoms with Crippen molar-refractivity contribution in [3.63, 3.8) is 0 Å². The fourth-order valence-corrected chi connectivity index (χ4v) is 1.61. The van der Waals surface area contributed by atoms with Crippen molar-refractivity contribution in [3.8, 4) is 0 Å². The van der Waals surface area contributed by atoms with E-state index in [1.165, 1.54) is 7.05 Å². The molecule has 5 heteroatoms. The number of halogens is 1. The Hall–Kier alpha value is -1.03. The second kappa shape index (κ2) is 5.16. The average molecular weight is 231 g/mol. The summed E-state index contributed by atoms with van der Waals surface area (Å²) >= 11 is 5.55. The summed E-state index contributed by atoms with van der Waals surface area (Å²) in [5, 5.41) is 0. The van der Waals surface area contributed by atoms with E-state index in [1.807, 2.05) is 0 Å². The minimum absolute atomic E-state index is 0.228. The molecule has 0 atom stereocenters. The third kappa shape index (κ3) is 2.72. The molecule has 0 N–H and O–H groups in total. The van der Waals surface area contributed by atoms with Gasteiger partial charge in [-0.1, -0.05) is 0 Å². The number of aromatic nitrogens is 2. The molecule has 1 heterocycles. The predicted molar refractivity (Wildman–Crippen MR) is 60.6 cm³/mol. The molecular formula is C10H15ClN2O2. The Morgan fingerprint density at radius 1 is 1.33 bits per heavy atom. The fourth-order valence-electron chi connectivity index (χ4n) is 1.43. The smallest absolute Gasteiger partial charge is 0.300 e. The van der Waals surface area contributed by atoms with Gasteiger partial charge in [-0.05, 0) is 19.8 Å². The van der Waals surface area contributed by atoms with Gasteiger partial charge < -0.3 is 4.57 Å². The summed E-state index contributed by atoms with van der Waals surface area (Å²) in [6.07, 6.45) is 3.33. The lowest BCUT2D eigenvalue weighted by Gasteiger charge is -2.07. The van der Waals surface area contributed by atoms with E-state index >= 15 is 0 Å². The highest BCUT2D eigenvalue weighted by atomic mass is 35.5. The number of hydrogen-bond donors (Lipinski definition) is 0. The van der Waals surface area contributed by atoms with Crippen LogP contribution in [0, 0.1) is 6.92 Å². The molecule has 0 saturated carbocycles. The largest absolute Gasteiger partial charge is 0.330 e. The zero-order valence-corrected chi connectivity index (χ0v) is 9.75. The second-order valence-electron chi connectivity index (χ2n) is 3.55. The Balaban J connectivity index is 3.00. The second-order valence-corrected chi connectivity index (χ2v) is 3.93. The molecule has 1 rings (SSSR count). The van der Waals surface area contributed by atoms with Crippen LogP contribution in [0.5, 0.6) is 0 Å². The Morgan fingerprint density at radius 2 is 2.00 bits per heavy atom. The molecule has 0 aliphatic heterocycles. The summed E-state index contributed by atoms with van der Waals surface area (Å²) in [7, 11) is 1.50. The van der Waals surface area contributed by atoms with E-state index in [4.69, 9.17) is 11.6 Å². The third-order valence-corrected chi connectivity index (χ3v) is 2.57. The summed E-state index contributed by atoms with van der Waals surface area (Å²) in [5.41, 5.74) is 0.0942. The maximum Gasteiger partial charge on any atom is 0.330 e. The molecule has 1 aromatic heterocycles. The van der Waals surface area contributed by atoms with Crippen LogP contribution < -0.4 is 11.2 Å². The maximum absolute atomic E-state index is 11.6. The van der Waals surface area contributed by atoms with Crippen LogP contribution in [0.4, 0.5) is 0 Å². The first kappa shape index (κ1) is 12.0. The zero-order valence-electron chi connectivity index (χ0n) is 8.99. The molecule has 0 aliphatic rings. The number of alkyl halides is 1. The molecule has 0 amide bonds. The molecule has 0 saturated heterocycles. The molecule has 15 heavy (non-hydrogen) atoms. The molecule has 0 fully saturated rings. The van der Waals surface area contributed by atoms with E-state index in [2.05, 4.69) is 0 Å². The minimum Gasteiger partial charge on any atom is -0.300 e. The number of hydrogen-bond acceptors (Lipinski definition) is 2. The van der Waals surface area contributed by atoms with Gasteiger partial charge >= 0.3 is 5.69 Å². The molecule has 0 spiro atoms. The van der Waals surface area contributed by atoms with E-state index in [-0.39, 0.29) is 11.2 Å². The van der Waals surface area contributed by atoms with Gasteiger partial charge in [-0.15, -0.1) is 11.6 Å². The number of aryl methyl sites for hydroxylation is 2. The van der Waals surface area contributed by atoms with Crippen LogP contribution in [0.3, 0.4) is 0 Å². The van der Waals surface area contributed by atoms with E-state index in [0.29, 0.717) is 18.0 Å². The highest BCUT2D eigenvalue weighted by Gasteiger charge is 2.04. The van der Waals surface area contributed by atoms with Crippen LogP contribution in [-0.2, 0) is 13.6 Å². The van der Waals surface area contributed by atoms with Gasteiger partial charge in [-0.3, -0.25) is 9.36 Å². The highest BCUT2D eigenvalue weighted by Crippen LogP contribution is 1.95. The first-order valence-corrected chi connectivity index (χ1v) is 5.44. The van der Waals surface area contributed by atoms with E-state index in [1.54, 1.807) is 17.7 Å². The Kier molecular flexibility index (Phi) is 4.15. The van der Waals surface area contributed by atoms with Crippen molar-refractivity contribution in [2.45, 2.75) is 26.3 Å². The SMILES string of the molecule is Cc1cn(CCCCCl)c(=O)n(C)c1=O. The van der Waals surface area contributed by atoms with Crippen molar-refractivity contribution in [1.29, 1.82) is 0 Å². The number of rotatable bonds is 4. The average Bonchev–Trinajstić information content (AvgIpc) is 2.23. The summed E-state index contributed by atoms with van der Waals surface area (Å²) in [4.78, 5) is 23.0. The van der Waals surface area contributed by atoms with Gasteiger partial charge in [-0.2, -0.15) is 0 Å². The highest BCUT2D eigenvalue weighted by molar-refractivity contribution is 6.17. The van der Waals surface area contributed by atoms with Gasteiger partial charge in [0.1, 0.15) is 0 Å². The molecule has 0 unspecified atom stereocenters. The summed E-state index contributed by atoms with van der Waals surface area (Å²) in [5.74, 6) is 0.597. The number of unbranched alkanes of at least 4 members (excludes halogenated alkanes) is 1. The van der Waals surface area contributed by atoms with Gasteiger partial charge in [0.15, 0.2) is 0 Å². The van der Waals surface area contributed by atoms with E-state index < -0.39 is 0 Å². The molecule has 0 aliphatic carbocycles. The van der Waals surface area contributed by atoms with Crippen molar-refractivity contribution < 1.29 is 0 Å². The Labute approximate surface area is 93.1 Å². The van der Waals surface area contributed by atoms with Crippen molar-refractivity contribution in [2.24, 2.45) is 7.05 Å². The van der Waals surface area contributed by atoms with Crippen LogP contribution >= 0.6 is 11.6 Å². The lowest BCUT2D eigenvalue weighted by Crippen LogP contribution is -2.38. The third-order valence-electron chi connectivity index (χ3n) is 2.31. The monoisotopic (exact) mass is 230 g/mol. The molecule has 84 valence electrons. The summed E-state index contributed by atoms with van der Waals surface area (Å²) in [6, 6.07) is 0. The topological polar surface area (TPSA) is 44.0 Å². The van der Waals surface area contributed by atoms with Crippen LogP contribution in [0.2, 0.25) is 0 Å².